The second kappa shape index (κ2) is 6.14. The standard InChI is InChI=1S/C13H29N3O/c1-11(8-13(2,17)10-14)16-7-5-6-12(9-16)15(3)4/h11-12,17H,5-10,14H2,1-4H3. The Bertz CT molecular complexity index is 231. The van der Waals surface area contributed by atoms with Gasteiger partial charge in [0.1, 0.15) is 0 Å². The first-order valence-electron chi connectivity index (χ1n) is 6.68. The third-order valence-electron chi connectivity index (χ3n) is 3.96. The van der Waals surface area contributed by atoms with Crippen molar-refractivity contribution in [3.05, 3.63) is 0 Å². The van der Waals surface area contributed by atoms with Crippen LogP contribution in [0.25, 0.3) is 0 Å². The molecule has 1 fully saturated rings. The van der Waals surface area contributed by atoms with E-state index in [1.54, 1.807) is 0 Å². The summed E-state index contributed by atoms with van der Waals surface area (Å²) in [5.41, 5.74) is 4.85. The summed E-state index contributed by atoms with van der Waals surface area (Å²) < 4.78 is 0. The minimum absolute atomic E-state index is 0.336. The highest BCUT2D eigenvalue weighted by Crippen LogP contribution is 2.21. The summed E-state index contributed by atoms with van der Waals surface area (Å²) in [6, 6.07) is 1.05. The average molecular weight is 243 g/mol. The normalized spacial score (nSPS) is 28.1. The first-order valence-corrected chi connectivity index (χ1v) is 6.68. The smallest absolute Gasteiger partial charge is 0.0756 e. The molecule has 0 aromatic carbocycles. The van der Waals surface area contributed by atoms with E-state index in [2.05, 4.69) is 30.8 Å². The van der Waals surface area contributed by atoms with Crippen LogP contribution >= 0.6 is 0 Å². The second-order valence-electron chi connectivity index (χ2n) is 6.01. The Morgan fingerprint density at radius 3 is 2.71 bits per heavy atom. The summed E-state index contributed by atoms with van der Waals surface area (Å²) in [7, 11) is 4.30. The van der Waals surface area contributed by atoms with Crippen LogP contribution in [0, 0.1) is 0 Å². The van der Waals surface area contributed by atoms with E-state index in [-0.39, 0.29) is 0 Å². The van der Waals surface area contributed by atoms with E-state index >= 15 is 0 Å². The quantitative estimate of drug-likeness (QED) is 0.738. The predicted molar refractivity (Wildman–Crippen MR) is 72.0 cm³/mol. The molecule has 0 spiro atoms. The molecule has 4 nitrogen and oxygen atoms in total. The van der Waals surface area contributed by atoms with Gasteiger partial charge in [0.05, 0.1) is 5.60 Å². The fourth-order valence-corrected chi connectivity index (χ4v) is 2.65. The lowest BCUT2D eigenvalue weighted by atomic mass is 9.94. The minimum atomic E-state index is -0.732. The number of piperidine rings is 1. The molecule has 4 heteroatoms. The molecule has 102 valence electrons. The fraction of sp³-hybridized carbons (Fsp3) is 1.00. The summed E-state index contributed by atoms with van der Waals surface area (Å²) in [6.07, 6.45) is 3.28. The molecule has 0 amide bonds. The SMILES string of the molecule is CC(CC(C)(O)CN)N1CCCC(N(C)C)C1. The topological polar surface area (TPSA) is 52.7 Å². The van der Waals surface area contributed by atoms with Crippen LogP contribution in [0.4, 0.5) is 0 Å². The van der Waals surface area contributed by atoms with Crippen LogP contribution in [-0.4, -0.2) is 66.3 Å². The van der Waals surface area contributed by atoms with E-state index < -0.39 is 5.60 Å². The molecule has 3 atom stereocenters. The molecule has 1 rings (SSSR count). The van der Waals surface area contributed by atoms with Crippen LogP contribution in [0.1, 0.15) is 33.1 Å². The third kappa shape index (κ3) is 4.54. The van der Waals surface area contributed by atoms with Crippen molar-refractivity contribution in [2.75, 3.05) is 33.7 Å². The lowest BCUT2D eigenvalue weighted by Crippen LogP contribution is -2.51. The second-order valence-corrected chi connectivity index (χ2v) is 6.01. The zero-order valence-electron chi connectivity index (χ0n) is 11.8. The first kappa shape index (κ1) is 14.9. The molecule has 0 aromatic heterocycles. The van der Waals surface area contributed by atoms with Gasteiger partial charge >= 0.3 is 0 Å². The van der Waals surface area contributed by atoms with Crippen molar-refractivity contribution < 1.29 is 5.11 Å². The van der Waals surface area contributed by atoms with Gasteiger partial charge in [-0.05, 0) is 53.8 Å². The number of nitrogens with two attached hydrogens (primary N) is 1. The average Bonchev–Trinajstić information content (AvgIpc) is 2.28. The van der Waals surface area contributed by atoms with E-state index in [1.807, 2.05) is 6.92 Å². The Morgan fingerprint density at radius 1 is 1.53 bits per heavy atom. The molecule has 0 bridgehead atoms. The molecule has 3 unspecified atom stereocenters. The molecular formula is C13H29N3O. The Kier molecular flexibility index (Phi) is 5.38. The Balaban J connectivity index is 2.49. The van der Waals surface area contributed by atoms with Crippen LogP contribution in [0.5, 0.6) is 0 Å². The number of nitrogens with zero attached hydrogens (tertiary/aromatic N) is 2. The molecule has 3 N–H and O–H groups in total. The van der Waals surface area contributed by atoms with Crippen LogP contribution < -0.4 is 5.73 Å². The maximum Gasteiger partial charge on any atom is 0.0756 e. The number of likely N-dealkylation sites (N-methyl/N-ethyl adjacent to an activating group) is 1. The van der Waals surface area contributed by atoms with Gasteiger partial charge in [-0.15, -0.1) is 0 Å². The van der Waals surface area contributed by atoms with Crippen LogP contribution in [0.2, 0.25) is 0 Å². The third-order valence-corrected chi connectivity index (χ3v) is 3.96. The number of rotatable bonds is 5. The first-order chi connectivity index (χ1) is 7.85. The molecule has 1 heterocycles. The van der Waals surface area contributed by atoms with Crippen LogP contribution in [-0.2, 0) is 0 Å². The summed E-state index contributed by atoms with van der Waals surface area (Å²) in [6.45, 7) is 6.61. The molecule has 0 saturated carbocycles. The summed E-state index contributed by atoms with van der Waals surface area (Å²) >= 11 is 0. The van der Waals surface area contributed by atoms with E-state index in [4.69, 9.17) is 5.73 Å². The molecule has 0 aliphatic carbocycles. The summed E-state index contributed by atoms with van der Waals surface area (Å²) in [5.74, 6) is 0. The van der Waals surface area contributed by atoms with Crippen molar-refractivity contribution in [2.45, 2.75) is 50.8 Å². The highest BCUT2D eigenvalue weighted by Gasteiger charge is 2.29. The largest absolute Gasteiger partial charge is 0.389 e. The van der Waals surface area contributed by atoms with Gasteiger partial charge in [-0.3, -0.25) is 4.90 Å². The summed E-state index contributed by atoms with van der Waals surface area (Å²) in [5, 5.41) is 10.0. The Labute approximate surface area is 106 Å². The van der Waals surface area contributed by atoms with Crippen molar-refractivity contribution in [2.24, 2.45) is 5.73 Å². The van der Waals surface area contributed by atoms with Gasteiger partial charge in [0.25, 0.3) is 0 Å². The van der Waals surface area contributed by atoms with Gasteiger partial charge in [-0.25, -0.2) is 0 Å². The molecular weight excluding hydrogens is 214 g/mol. The fourth-order valence-electron chi connectivity index (χ4n) is 2.65. The van der Waals surface area contributed by atoms with Gasteiger partial charge in [-0.1, -0.05) is 0 Å². The van der Waals surface area contributed by atoms with E-state index in [9.17, 15) is 5.11 Å². The molecule has 1 aliphatic heterocycles. The maximum atomic E-state index is 10.0. The molecule has 0 aromatic rings. The highest BCUT2D eigenvalue weighted by atomic mass is 16.3. The molecule has 17 heavy (non-hydrogen) atoms. The maximum absolute atomic E-state index is 10.0. The summed E-state index contributed by atoms with van der Waals surface area (Å²) in [4.78, 5) is 4.79. The van der Waals surface area contributed by atoms with Crippen molar-refractivity contribution in [1.82, 2.24) is 9.80 Å². The lowest BCUT2D eigenvalue weighted by molar-refractivity contribution is 0.0155. The van der Waals surface area contributed by atoms with Crippen LogP contribution in [0.3, 0.4) is 0 Å². The zero-order chi connectivity index (χ0) is 13.1. The van der Waals surface area contributed by atoms with Gasteiger partial charge in [0.15, 0.2) is 0 Å². The Hall–Kier alpha value is -0.160. The number of likely N-dealkylation sites (tertiary alicyclic amines) is 1. The van der Waals surface area contributed by atoms with Crippen molar-refractivity contribution in [1.29, 1.82) is 0 Å². The Morgan fingerprint density at radius 2 is 2.18 bits per heavy atom. The number of hydrogen-bond donors (Lipinski definition) is 2. The van der Waals surface area contributed by atoms with E-state index in [0.29, 0.717) is 18.6 Å². The van der Waals surface area contributed by atoms with Gasteiger partial charge in [-0.2, -0.15) is 0 Å². The van der Waals surface area contributed by atoms with Gasteiger partial charge in [0, 0.05) is 25.2 Å². The predicted octanol–water partition coefficient (Wildman–Crippen LogP) is 0.501. The molecule has 0 radical (unpaired) electrons. The highest BCUT2D eigenvalue weighted by molar-refractivity contribution is 4.85. The molecule has 1 aliphatic rings. The molecule has 1 saturated heterocycles. The monoisotopic (exact) mass is 243 g/mol. The van der Waals surface area contributed by atoms with Crippen LogP contribution in [0.15, 0.2) is 0 Å². The zero-order valence-corrected chi connectivity index (χ0v) is 11.8. The number of aliphatic hydroxyl groups is 1. The lowest BCUT2D eigenvalue weighted by Gasteiger charge is -2.41. The minimum Gasteiger partial charge on any atom is -0.389 e. The number of hydrogen-bond acceptors (Lipinski definition) is 4. The van der Waals surface area contributed by atoms with Gasteiger partial charge in [0.2, 0.25) is 0 Å². The van der Waals surface area contributed by atoms with Crippen molar-refractivity contribution in [3.63, 3.8) is 0 Å². The van der Waals surface area contributed by atoms with E-state index in [0.717, 1.165) is 19.5 Å². The van der Waals surface area contributed by atoms with Crippen molar-refractivity contribution >= 4 is 0 Å². The van der Waals surface area contributed by atoms with Crippen molar-refractivity contribution in [3.8, 4) is 0 Å². The van der Waals surface area contributed by atoms with E-state index in [1.165, 1.54) is 12.8 Å². The van der Waals surface area contributed by atoms with Gasteiger partial charge < -0.3 is 15.7 Å².